The third-order valence-electron chi connectivity index (χ3n) is 0.183. The SMILES string of the molecule is O.O=C(O)C(=O)O.[La]. The molecule has 0 fully saturated rings. The molecule has 1 radical (unpaired) electrons. The van der Waals surface area contributed by atoms with Gasteiger partial charge in [-0.15, -0.1) is 0 Å². The summed E-state index contributed by atoms with van der Waals surface area (Å²) in [5, 5.41) is 14.8. The fraction of sp³-hybridized carbons (Fsp3) is 0. The van der Waals surface area contributed by atoms with Crippen molar-refractivity contribution >= 4 is 11.9 Å². The molecular formula is C2H4LaO5. The molecule has 4 N–H and O–H groups in total. The molecule has 0 aromatic heterocycles. The van der Waals surface area contributed by atoms with Gasteiger partial charge in [-0.2, -0.15) is 0 Å². The van der Waals surface area contributed by atoms with Crippen LogP contribution in [0.4, 0.5) is 0 Å². The first-order valence-electron chi connectivity index (χ1n) is 1.11. The first-order valence-corrected chi connectivity index (χ1v) is 1.11. The number of carboxylic acid groups (broad SMARTS) is 2. The smallest absolute Gasteiger partial charge is 0.414 e. The summed E-state index contributed by atoms with van der Waals surface area (Å²) in [6, 6.07) is 0. The van der Waals surface area contributed by atoms with Gasteiger partial charge in [-0.3, -0.25) is 0 Å². The van der Waals surface area contributed by atoms with Crippen LogP contribution in [-0.4, -0.2) is 27.6 Å². The fourth-order valence-electron chi connectivity index (χ4n) is 0. The van der Waals surface area contributed by atoms with Crippen LogP contribution < -0.4 is 0 Å². The number of aliphatic carboxylic acids is 2. The van der Waals surface area contributed by atoms with E-state index in [-0.39, 0.29) is 41.1 Å². The van der Waals surface area contributed by atoms with Crippen molar-refractivity contribution in [3.8, 4) is 0 Å². The van der Waals surface area contributed by atoms with E-state index in [1.165, 1.54) is 0 Å². The van der Waals surface area contributed by atoms with Crippen LogP contribution in [0.5, 0.6) is 0 Å². The molecule has 6 heteroatoms. The van der Waals surface area contributed by atoms with Gasteiger partial charge in [-0.25, -0.2) is 9.59 Å². The monoisotopic (exact) mass is 247 g/mol. The van der Waals surface area contributed by atoms with Crippen molar-refractivity contribution in [3.63, 3.8) is 0 Å². The quantitative estimate of drug-likeness (QED) is 0.499. The summed E-state index contributed by atoms with van der Waals surface area (Å²) in [5.74, 6) is -3.65. The zero-order chi connectivity index (χ0) is 5.15. The normalized spacial score (nSPS) is 5.50. The Morgan fingerprint density at radius 2 is 1.12 bits per heavy atom. The van der Waals surface area contributed by atoms with E-state index in [0.29, 0.717) is 0 Å². The second-order valence-corrected chi connectivity index (χ2v) is 0.610. The molecule has 0 atom stereocenters. The molecule has 0 aliphatic carbocycles. The largest absolute Gasteiger partial charge is 0.473 e. The number of hydrogen-bond acceptors (Lipinski definition) is 2. The predicted octanol–water partition coefficient (Wildman–Crippen LogP) is -1.67. The standard InChI is InChI=1S/C2H2O4.La.H2O/c3-1(4)2(5)6;;/h(H,3,4)(H,5,6);;1H2. The molecule has 5 nitrogen and oxygen atoms in total. The molecule has 0 aliphatic heterocycles. The van der Waals surface area contributed by atoms with Gasteiger partial charge in [0, 0.05) is 35.6 Å². The predicted molar refractivity (Wildman–Crippen MR) is 18.9 cm³/mol. The second-order valence-electron chi connectivity index (χ2n) is 0.610. The fourth-order valence-corrected chi connectivity index (χ4v) is 0. The molecular weight excluding hydrogens is 243 g/mol. The van der Waals surface area contributed by atoms with E-state index in [9.17, 15) is 0 Å². The third kappa shape index (κ3) is 9.44. The van der Waals surface area contributed by atoms with Crippen LogP contribution in [0, 0.1) is 35.6 Å². The Hall–Kier alpha value is 0.0948. The van der Waals surface area contributed by atoms with E-state index < -0.39 is 11.9 Å². The number of carboxylic acids is 2. The van der Waals surface area contributed by atoms with Crippen molar-refractivity contribution in [2.45, 2.75) is 0 Å². The number of hydrogen-bond donors (Lipinski definition) is 2. The van der Waals surface area contributed by atoms with E-state index in [2.05, 4.69) is 0 Å². The maximum atomic E-state index is 9.10. The Labute approximate surface area is 72.6 Å². The molecule has 0 saturated heterocycles. The van der Waals surface area contributed by atoms with Crippen molar-refractivity contribution in [1.29, 1.82) is 0 Å². The minimum Gasteiger partial charge on any atom is -0.473 e. The first-order chi connectivity index (χ1) is 2.64. The molecule has 0 unspecified atom stereocenters. The molecule has 0 saturated carbocycles. The van der Waals surface area contributed by atoms with E-state index >= 15 is 0 Å². The van der Waals surface area contributed by atoms with Crippen LogP contribution in [0.3, 0.4) is 0 Å². The summed E-state index contributed by atoms with van der Waals surface area (Å²) >= 11 is 0. The van der Waals surface area contributed by atoms with Gasteiger partial charge in [-0.1, -0.05) is 0 Å². The molecule has 0 aliphatic rings. The van der Waals surface area contributed by atoms with Crippen LogP contribution in [0.25, 0.3) is 0 Å². The van der Waals surface area contributed by atoms with Gasteiger partial charge >= 0.3 is 11.9 Å². The summed E-state index contributed by atoms with van der Waals surface area (Å²) < 4.78 is 0. The summed E-state index contributed by atoms with van der Waals surface area (Å²) in [7, 11) is 0. The van der Waals surface area contributed by atoms with E-state index in [4.69, 9.17) is 19.8 Å². The maximum Gasteiger partial charge on any atom is 0.414 e. The Morgan fingerprint density at radius 3 is 1.12 bits per heavy atom. The van der Waals surface area contributed by atoms with Crippen molar-refractivity contribution in [3.05, 3.63) is 0 Å². The van der Waals surface area contributed by atoms with Gasteiger partial charge in [0.1, 0.15) is 0 Å². The second kappa shape index (κ2) is 7.09. The number of carbonyl (C=O) groups is 2. The van der Waals surface area contributed by atoms with Crippen LogP contribution >= 0.6 is 0 Å². The summed E-state index contributed by atoms with van der Waals surface area (Å²) in [6.07, 6.45) is 0. The van der Waals surface area contributed by atoms with Crippen LogP contribution in [0.2, 0.25) is 0 Å². The Morgan fingerprint density at radius 1 is 1.00 bits per heavy atom. The third-order valence-corrected chi connectivity index (χ3v) is 0.183. The van der Waals surface area contributed by atoms with Gasteiger partial charge in [0.05, 0.1) is 0 Å². The van der Waals surface area contributed by atoms with Gasteiger partial charge in [0.15, 0.2) is 0 Å². The van der Waals surface area contributed by atoms with Crippen molar-refractivity contribution < 1.29 is 60.9 Å². The van der Waals surface area contributed by atoms with E-state index in [1.807, 2.05) is 0 Å². The molecule has 0 rings (SSSR count). The topological polar surface area (TPSA) is 106 Å². The molecule has 0 heterocycles. The molecule has 8 heavy (non-hydrogen) atoms. The van der Waals surface area contributed by atoms with Gasteiger partial charge < -0.3 is 15.7 Å². The summed E-state index contributed by atoms with van der Waals surface area (Å²) in [6.45, 7) is 0. The van der Waals surface area contributed by atoms with Crippen molar-refractivity contribution in [2.75, 3.05) is 0 Å². The molecule has 0 bridgehead atoms. The molecule has 0 aromatic carbocycles. The van der Waals surface area contributed by atoms with E-state index in [0.717, 1.165) is 0 Å². The summed E-state index contributed by atoms with van der Waals surface area (Å²) in [5.41, 5.74) is 0. The molecule has 0 aromatic rings. The van der Waals surface area contributed by atoms with Gasteiger partial charge in [-0.05, 0) is 0 Å². The van der Waals surface area contributed by atoms with Gasteiger partial charge in [0.25, 0.3) is 0 Å². The van der Waals surface area contributed by atoms with E-state index in [1.54, 1.807) is 0 Å². The first kappa shape index (κ1) is 15.7. The Balaban J connectivity index is -0.000000125. The Bertz CT molecular complexity index is 76.4. The molecule has 0 spiro atoms. The Kier molecular flexibility index (Phi) is 13.9. The van der Waals surface area contributed by atoms with Crippen molar-refractivity contribution in [1.82, 2.24) is 0 Å². The summed E-state index contributed by atoms with van der Waals surface area (Å²) in [4.78, 5) is 18.2. The molecule has 0 amide bonds. The minimum absolute atomic E-state index is 0. The van der Waals surface area contributed by atoms with Crippen LogP contribution in [0.15, 0.2) is 0 Å². The maximum absolute atomic E-state index is 9.10. The van der Waals surface area contributed by atoms with Crippen molar-refractivity contribution in [2.24, 2.45) is 0 Å². The average Bonchev–Trinajstić information content (AvgIpc) is 1.36. The van der Waals surface area contributed by atoms with Crippen LogP contribution in [-0.2, 0) is 9.59 Å². The zero-order valence-corrected chi connectivity index (χ0v) is 7.41. The zero-order valence-electron chi connectivity index (χ0n) is 3.79. The van der Waals surface area contributed by atoms with Crippen LogP contribution in [0.1, 0.15) is 0 Å². The molecule has 45 valence electrons. The van der Waals surface area contributed by atoms with Gasteiger partial charge in [0.2, 0.25) is 0 Å². The minimum atomic E-state index is -1.82. The number of rotatable bonds is 0. The average molecular weight is 247 g/mol.